The van der Waals surface area contributed by atoms with Gasteiger partial charge >= 0.3 is 0 Å². The van der Waals surface area contributed by atoms with Gasteiger partial charge in [-0.15, -0.1) is 0 Å². The van der Waals surface area contributed by atoms with Gasteiger partial charge in [0, 0.05) is 24.8 Å². The van der Waals surface area contributed by atoms with Crippen LogP contribution in [-0.2, 0) is 4.74 Å². The molecule has 0 aliphatic rings. The first-order valence-corrected chi connectivity index (χ1v) is 6.17. The fourth-order valence-corrected chi connectivity index (χ4v) is 1.60. The summed E-state index contributed by atoms with van der Waals surface area (Å²) in [6.45, 7) is 9.02. The molecule has 1 rings (SSSR count). The zero-order valence-corrected chi connectivity index (χ0v) is 11.4. The van der Waals surface area contributed by atoms with Crippen LogP contribution >= 0.6 is 0 Å². The average Bonchev–Trinajstić information content (AvgIpc) is 2.27. The molecule has 96 valence electrons. The third-order valence-corrected chi connectivity index (χ3v) is 2.60. The Kier molecular flexibility index (Phi) is 5.35. The molecule has 17 heavy (non-hydrogen) atoms. The van der Waals surface area contributed by atoms with Gasteiger partial charge in [0.1, 0.15) is 11.6 Å². The number of hydrogen-bond acceptors (Lipinski definition) is 4. The Morgan fingerprint density at radius 1 is 1.35 bits per heavy atom. The van der Waals surface area contributed by atoms with Crippen LogP contribution in [-0.4, -0.2) is 29.7 Å². The van der Waals surface area contributed by atoms with Crippen LogP contribution in [0.15, 0.2) is 6.07 Å². The molecule has 0 fully saturated rings. The third kappa shape index (κ3) is 4.30. The van der Waals surface area contributed by atoms with E-state index in [9.17, 15) is 0 Å². The SMILES string of the molecule is CCC(COC)Nc1cc(C)nc(C(C)C)n1. The maximum atomic E-state index is 5.17. The molecule has 0 aliphatic carbocycles. The highest BCUT2D eigenvalue weighted by Gasteiger charge is 2.10. The summed E-state index contributed by atoms with van der Waals surface area (Å²) in [6.07, 6.45) is 1.01. The van der Waals surface area contributed by atoms with E-state index in [-0.39, 0.29) is 0 Å². The quantitative estimate of drug-likeness (QED) is 0.826. The van der Waals surface area contributed by atoms with Crippen molar-refractivity contribution in [3.63, 3.8) is 0 Å². The van der Waals surface area contributed by atoms with Gasteiger partial charge in [0.2, 0.25) is 0 Å². The number of anilines is 1. The van der Waals surface area contributed by atoms with Gasteiger partial charge in [0.05, 0.1) is 12.6 Å². The normalized spacial score (nSPS) is 12.8. The molecule has 1 N–H and O–H groups in total. The van der Waals surface area contributed by atoms with E-state index in [1.807, 2.05) is 13.0 Å². The van der Waals surface area contributed by atoms with E-state index in [0.717, 1.165) is 23.8 Å². The standard InChI is InChI=1S/C13H23N3O/c1-6-11(8-17-5)15-12-7-10(4)14-13(16-12)9(2)3/h7,9,11H,6,8H2,1-5H3,(H,14,15,16). The second kappa shape index (κ2) is 6.55. The van der Waals surface area contributed by atoms with E-state index in [1.54, 1.807) is 7.11 Å². The van der Waals surface area contributed by atoms with Crippen molar-refractivity contribution in [2.45, 2.75) is 46.1 Å². The first-order chi connectivity index (χ1) is 8.06. The predicted molar refractivity (Wildman–Crippen MR) is 70.4 cm³/mol. The van der Waals surface area contributed by atoms with Gasteiger partial charge in [-0.2, -0.15) is 0 Å². The van der Waals surface area contributed by atoms with E-state index in [2.05, 4.69) is 36.1 Å². The molecular formula is C13H23N3O. The molecule has 1 unspecified atom stereocenters. The first-order valence-electron chi connectivity index (χ1n) is 6.17. The lowest BCUT2D eigenvalue weighted by molar-refractivity contribution is 0.184. The second-order valence-corrected chi connectivity index (χ2v) is 4.61. The molecule has 0 amide bonds. The fourth-order valence-electron chi connectivity index (χ4n) is 1.60. The molecule has 1 aromatic heterocycles. The molecule has 0 bridgehead atoms. The Hall–Kier alpha value is -1.16. The summed E-state index contributed by atoms with van der Waals surface area (Å²) in [6, 6.07) is 2.28. The number of nitrogens with zero attached hydrogens (tertiary/aromatic N) is 2. The molecule has 0 saturated carbocycles. The van der Waals surface area contributed by atoms with Gasteiger partial charge in [0.15, 0.2) is 0 Å². The highest BCUT2D eigenvalue weighted by atomic mass is 16.5. The topological polar surface area (TPSA) is 47.0 Å². The predicted octanol–water partition coefficient (Wildman–Crippen LogP) is 2.75. The minimum atomic E-state index is 0.300. The van der Waals surface area contributed by atoms with Crippen molar-refractivity contribution in [1.82, 2.24) is 9.97 Å². The molecule has 0 aliphatic heterocycles. The Morgan fingerprint density at radius 3 is 2.59 bits per heavy atom. The van der Waals surface area contributed by atoms with Crippen molar-refractivity contribution in [2.75, 3.05) is 19.0 Å². The van der Waals surface area contributed by atoms with Crippen LogP contribution in [0.3, 0.4) is 0 Å². The lowest BCUT2D eigenvalue weighted by atomic mass is 10.2. The van der Waals surface area contributed by atoms with Crippen molar-refractivity contribution in [3.8, 4) is 0 Å². The molecule has 1 atom stereocenters. The van der Waals surface area contributed by atoms with Crippen molar-refractivity contribution < 1.29 is 4.74 Å². The van der Waals surface area contributed by atoms with Crippen LogP contribution in [0.1, 0.15) is 44.6 Å². The second-order valence-electron chi connectivity index (χ2n) is 4.61. The minimum Gasteiger partial charge on any atom is -0.383 e. The minimum absolute atomic E-state index is 0.300. The Labute approximate surface area is 104 Å². The summed E-state index contributed by atoms with van der Waals surface area (Å²) < 4.78 is 5.17. The summed E-state index contributed by atoms with van der Waals surface area (Å²) in [5, 5.41) is 3.39. The number of hydrogen-bond donors (Lipinski definition) is 1. The Morgan fingerprint density at radius 2 is 2.06 bits per heavy atom. The van der Waals surface area contributed by atoms with Crippen molar-refractivity contribution in [1.29, 1.82) is 0 Å². The lowest BCUT2D eigenvalue weighted by Crippen LogP contribution is -2.25. The van der Waals surface area contributed by atoms with E-state index >= 15 is 0 Å². The number of nitrogens with one attached hydrogen (secondary N) is 1. The highest BCUT2D eigenvalue weighted by molar-refractivity contribution is 5.37. The zero-order chi connectivity index (χ0) is 12.8. The lowest BCUT2D eigenvalue weighted by Gasteiger charge is -2.17. The zero-order valence-electron chi connectivity index (χ0n) is 11.4. The summed E-state index contributed by atoms with van der Waals surface area (Å²) in [4.78, 5) is 8.96. The van der Waals surface area contributed by atoms with Crippen LogP contribution in [0.4, 0.5) is 5.82 Å². The highest BCUT2D eigenvalue weighted by Crippen LogP contribution is 2.14. The molecule has 1 aromatic rings. The molecular weight excluding hydrogens is 214 g/mol. The monoisotopic (exact) mass is 237 g/mol. The molecule has 0 radical (unpaired) electrons. The third-order valence-electron chi connectivity index (χ3n) is 2.60. The van der Waals surface area contributed by atoms with Crippen LogP contribution in [0.25, 0.3) is 0 Å². The summed E-state index contributed by atoms with van der Waals surface area (Å²) in [7, 11) is 1.72. The number of rotatable bonds is 6. The Bertz CT molecular complexity index is 353. The van der Waals surface area contributed by atoms with Crippen molar-refractivity contribution in [2.24, 2.45) is 0 Å². The van der Waals surface area contributed by atoms with Gasteiger partial charge in [-0.25, -0.2) is 9.97 Å². The summed E-state index contributed by atoms with van der Waals surface area (Å²) in [5.74, 6) is 2.13. The van der Waals surface area contributed by atoms with Gasteiger partial charge in [-0.1, -0.05) is 20.8 Å². The number of aryl methyl sites for hydroxylation is 1. The van der Waals surface area contributed by atoms with E-state index < -0.39 is 0 Å². The molecule has 0 saturated heterocycles. The van der Waals surface area contributed by atoms with Crippen LogP contribution < -0.4 is 5.32 Å². The number of methoxy groups -OCH3 is 1. The smallest absolute Gasteiger partial charge is 0.133 e. The van der Waals surface area contributed by atoms with Gasteiger partial charge < -0.3 is 10.1 Å². The molecule has 4 nitrogen and oxygen atoms in total. The number of aromatic nitrogens is 2. The summed E-state index contributed by atoms with van der Waals surface area (Å²) in [5.41, 5.74) is 0.999. The van der Waals surface area contributed by atoms with Gasteiger partial charge in [0.25, 0.3) is 0 Å². The van der Waals surface area contributed by atoms with Gasteiger partial charge in [-0.05, 0) is 13.3 Å². The van der Waals surface area contributed by atoms with Crippen molar-refractivity contribution in [3.05, 3.63) is 17.6 Å². The van der Waals surface area contributed by atoms with E-state index in [1.165, 1.54) is 0 Å². The van der Waals surface area contributed by atoms with Crippen LogP contribution in [0.2, 0.25) is 0 Å². The fraction of sp³-hybridized carbons (Fsp3) is 0.692. The van der Waals surface area contributed by atoms with E-state index in [0.29, 0.717) is 18.6 Å². The van der Waals surface area contributed by atoms with Gasteiger partial charge in [-0.3, -0.25) is 0 Å². The maximum absolute atomic E-state index is 5.17. The Balaban J connectivity index is 2.82. The first kappa shape index (κ1) is 13.9. The van der Waals surface area contributed by atoms with Crippen molar-refractivity contribution >= 4 is 5.82 Å². The number of ether oxygens (including phenoxy) is 1. The molecule has 0 spiro atoms. The maximum Gasteiger partial charge on any atom is 0.133 e. The molecule has 1 heterocycles. The van der Waals surface area contributed by atoms with Crippen LogP contribution in [0.5, 0.6) is 0 Å². The largest absolute Gasteiger partial charge is 0.383 e. The average molecular weight is 237 g/mol. The van der Waals surface area contributed by atoms with E-state index in [4.69, 9.17) is 4.74 Å². The summed E-state index contributed by atoms with van der Waals surface area (Å²) >= 11 is 0. The molecule has 0 aromatic carbocycles. The van der Waals surface area contributed by atoms with Crippen LogP contribution in [0, 0.1) is 6.92 Å². The molecule has 4 heteroatoms.